The van der Waals surface area contributed by atoms with Crippen LogP contribution < -0.4 is 0 Å². The van der Waals surface area contributed by atoms with Crippen molar-refractivity contribution in [3.8, 4) is 0 Å². The van der Waals surface area contributed by atoms with Gasteiger partial charge in [0.2, 0.25) is 0 Å². The maximum atomic E-state index is 11.2. The van der Waals surface area contributed by atoms with Gasteiger partial charge in [0.05, 0.1) is 6.42 Å². The molecule has 0 amide bonds. The number of hydrogen-bond donors (Lipinski definition) is 1. The number of carboxylic acid groups (broad SMARTS) is 1. The quantitative estimate of drug-likeness (QED) is 0.842. The molecule has 2 fully saturated rings. The predicted octanol–water partition coefficient (Wildman–Crippen LogP) is 4.21. The van der Waals surface area contributed by atoms with E-state index >= 15 is 0 Å². The highest BCUT2D eigenvalue weighted by atomic mass is 16.4. The smallest absolute Gasteiger partial charge is 0.305 e. The average Bonchev–Trinajstić information content (AvgIpc) is 2.79. The van der Waals surface area contributed by atoms with E-state index in [1.165, 1.54) is 64.2 Å². The molecule has 3 heteroatoms. The summed E-state index contributed by atoms with van der Waals surface area (Å²) in [5, 5.41) is 9.22. The number of rotatable bonds is 3. The fourth-order valence-corrected chi connectivity index (χ4v) is 4.61. The first-order valence-corrected chi connectivity index (χ1v) is 8.46. The van der Waals surface area contributed by atoms with Crippen molar-refractivity contribution in [2.24, 2.45) is 0 Å². The van der Waals surface area contributed by atoms with Crippen molar-refractivity contribution in [2.45, 2.75) is 95.6 Å². The molecular formula is C17H31NO2. The summed E-state index contributed by atoms with van der Waals surface area (Å²) in [4.78, 5) is 13.8. The van der Waals surface area contributed by atoms with Crippen LogP contribution in [0, 0.1) is 0 Å². The molecule has 0 aromatic carbocycles. The lowest BCUT2D eigenvalue weighted by atomic mass is 9.81. The van der Waals surface area contributed by atoms with E-state index in [1.54, 1.807) is 0 Å². The molecule has 3 nitrogen and oxygen atoms in total. The number of likely N-dealkylation sites (tertiary alicyclic amines) is 1. The van der Waals surface area contributed by atoms with Gasteiger partial charge in [-0.15, -0.1) is 0 Å². The Morgan fingerprint density at radius 1 is 1.00 bits per heavy atom. The Labute approximate surface area is 123 Å². The Morgan fingerprint density at radius 2 is 1.50 bits per heavy atom. The molecule has 116 valence electrons. The van der Waals surface area contributed by atoms with Gasteiger partial charge in [-0.05, 0) is 46.1 Å². The van der Waals surface area contributed by atoms with Crippen LogP contribution in [0.3, 0.4) is 0 Å². The van der Waals surface area contributed by atoms with E-state index in [0.29, 0.717) is 5.54 Å². The lowest BCUT2D eigenvalue weighted by Crippen LogP contribution is -2.55. The Bertz CT molecular complexity index is 328. The van der Waals surface area contributed by atoms with Crippen LogP contribution in [0.1, 0.15) is 84.5 Å². The van der Waals surface area contributed by atoms with Crippen LogP contribution >= 0.6 is 0 Å². The normalized spacial score (nSPS) is 25.1. The summed E-state index contributed by atoms with van der Waals surface area (Å²) >= 11 is 0. The topological polar surface area (TPSA) is 40.5 Å². The standard InChI is InChI=1S/C17H31NO2/c1-16(2,14-15(19)20)18-13-9-12-17(18)10-7-5-3-4-6-8-11-17/h3-14H2,1-2H3,(H,19,20). The van der Waals surface area contributed by atoms with Crippen LogP contribution in [0.25, 0.3) is 0 Å². The highest BCUT2D eigenvalue weighted by Crippen LogP contribution is 2.44. The molecule has 0 aromatic heterocycles. The van der Waals surface area contributed by atoms with E-state index in [0.717, 1.165) is 6.54 Å². The van der Waals surface area contributed by atoms with E-state index < -0.39 is 5.97 Å². The van der Waals surface area contributed by atoms with Gasteiger partial charge in [0.15, 0.2) is 0 Å². The molecule has 1 heterocycles. The van der Waals surface area contributed by atoms with Crippen LogP contribution in [0.2, 0.25) is 0 Å². The highest BCUT2D eigenvalue weighted by Gasteiger charge is 2.46. The van der Waals surface area contributed by atoms with Crippen LogP contribution in [0.4, 0.5) is 0 Å². The van der Waals surface area contributed by atoms with Gasteiger partial charge in [-0.2, -0.15) is 0 Å². The van der Waals surface area contributed by atoms with Gasteiger partial charge in [0.25, 0.3) is 0 Å². The molecule has 0 atom stereocenters. The maximum Gasteiger partial charge on any atom is 0.305 e. The first-order chi connectivity index (χ1) is 9.46. The van der Waals surface area contributed by atoms with Crippen molar-refractivity contribution in [3.05, 3.63) is 0 Å². The average molecular weight is 281 g/mol. The van der Waals surface area contributed by atoms with E-state index in [4.69, 9.17) is 0 Å². The molecule has 2 aliphatic rings. The third-order valence-electron chi connectivity index (χ3n) is 5.45. The summed E-state index contributed by atoms with van der Waals surface area (Å²) in [6, 6.07) is 0. The monoisotopic (exact) mass is 281 g/mol. The van der Waals surface area contributed by atoms with Gasteiger partial charge in [-0.25, -0.2) is 0 Å². The Kier molecular flexibility index (Phi) is 5.11. The van der Waals surface area contributed by atoms with Gasteiger partial charge in [-0.1, -0.05) is 38.5 Å². The van der Waals surface area contributed by atoms with Crippen molar-refractivity contribution < 1.29 is 9.90 Å². The number of carboxylic acids is 1. The van der Waals surface area contributed by atoms with E-state index in [9.17, 15) is 9.90 Å². The Balaban J connectivity index is 2.15. The molecule has 1 aliphatic carbocycles. The highest BCUT2D eigenvalue weighted by molar-refractivity contribution is 5.68. The molecule has 1 saturated carbocycles. The molecule has 0 aromatic rings. The summed E-state index contributed by atoms with van der Waals surface area (Å²) < 4.78 is 0. The van der Waals surface area contributed by atoms with E-state index in [2.05, 4.69) is 18.7 Å². The summed E-state index contributed by atoms with van der Waals surface area (Å²) in [6.07, 6.45) is 13.4. The van der Waals surface area contributed by atoms with Gasteiger partial charge in [-0.3, -0.25) is 9.69 Å². The molecule has 1 N–H and O–H groups in total. The Morgan fingerprint density at radius 3 is 2.05 bits per heavy atom. The molecule has 1 spiro atoms. The van der Waals surface area contributed by atoms with Crippen molar-refractivity contribution >= 4 is 5.97 Å². The number of carbonyl (C=O) groups is 1. The van der Waals surface area contributed by atoms with Crippen molar-refractivity contribution in [1.29, 1.82) is 0 Å². The van der Waals surface area contributed by atoms with Gasteiger partial charge in [0.1, 0.15) is 0 Å². The first-order valence-electron chi connectivity index (χ1n) is 8.46. The van der Waals surface area contributed by atoms with Crippen molar-refractivity contribution in [1.82, 2.24) is 4.90 Å². The SMILES string of the molecule is CC(C)(CC(=O)O)N1CCCC12CCCCCCCC2. The zero-order chi connectivity index (χ0) is 14.6. The molecule has 0 radical (unpaired) electrons. The predicted molar refractivity (Wildman–Crippen MR) is 81.9 cm³/mol. The summed E-state index contributed by atoms with van der Waals surface area (Å²) in [5.74, 6) is -0.667. The van der Waals surface area contributed by atoms with Crippen LogP contribution in [0.5, 0.6) is 0 Å². The summed E-state index contributed by atoms with van der Waals surface area (Å²) in [7, 11) is 0. The van der Waals surface area contributed by atoms with E-state index in [-0.39, 0.29) is 12.0 Å². The second-order valence-electron chi connectivity index (χ2n) is 7.48. The largest absolute Gasteiger partial charge is 0.481 e. The molecular weight excluding hydrogens is 250 g/mol. The second kappa shape index (κ2) is 6.46. The summed E-state index contributed by atoms with van der Waals surface area (Å²) in [6.45, 7) is 5.34. The molecule has 2 rings (SSSR count). The fourth-order valence-electron chi connectivity index (χ4n) is 4.61. The van der Waals surface area contributed by atoms with Crippen LogP contribution in [0.15, 0.2) is 0 Å². The number of nitrogens with zero attached hydrogens (tertiary/aromatic N) is 1. The molecule has 0 unspecified atom stereocenters. The fraction of sp³-hybridized carbons (Fsp3) is 0.941. The zero-order valence-corrected chi connectivity index (χ0v) is 13.3. The maximum absolute atomic E-state index is 11.2. The molecule has 1 saturated heterocycles. The minimum absolute atomic E-state index is 0.212. The van der Waals surface area contributed by atoms with Gasteiger partial charge < -0.3 is 5.11 Å². The third-order valence-corrected chi connectivity index (χ3v) is 5.45. The van der Waals surface area contributed by atoms with Gasteiger partial charge in [0, 0.05) is 11.1 Å². The Hall–Kier alpha value is -0.570. The zero-order valence-electron chi connectivity index (χ0n) is 13.3. The minimum atomic E-state index is -0.667. The second-order valence-corrected chi connectivity index (χ2v) is 7.48. The van der Waals surface area contributed by atoms with Crippen LogP contribution in [-0.4, -0.2) is 33.6 Å². The first kappa shape index (κ1) is 15.8. The lowest BCUT2D eigenvalue weighted by molar-refractivity contribution is -0.141. The van der Waals surface area contributed by atoms with Crippen molar-refractivity contribution in [3.63, 3.8) is 0 Å². The minimum Gasteiger partial charge on any atom is -0.481 e. The molecule has 20 heavy (non-hydrogen) atoms. The van der Waals surface area contributed by atoms with Crippen molar-refractivity contribution in [2.75, 3.05) is 6.54 Å². The van der Waals surface area contributed by atoms with Crippen LogP contribution in [-0.2, 0) is 4.79 Å². The number of aliphatic carboxylic acids is 1. The molecule has 0 bridgehead atoms. The summed E-state index contributed by atoms with van der Waals surface area (Å²) in [5.41, 5.74) is 0.0830. The van der Waals surface area contributed by atoms with E-state index in [1.807, 2.05) is 0 Å². The number of hydrogen-bond acceptors (Lipinski definition) is 2. The molecule has 1 aliphatic heterocycles. The third kappa shape index (κ3) is 3.55. The van der Waals surface area contributed by atoms with Gasteiger partial charge >= 0.3 is 5.97 Å². The lowest BCUT2D eigenvalue weighted by Gasteiger charge is -2.48.